The van der Waals surface area contributed by atoms with E-state index in [-0.39, 0.29) is 6.61 Å². The van der Waals surface area contributed by atoms with Gasteiger partial charge in [-0.05, 0) is 75.0 Å². The van der Waals surface area contributed by atoms with Gasteiger partial charge in [-0.3, -0.25) is 9.80 Å². The van der Waals surface area contributed by atoms with Crippen LogP contribution in [-0.4, -0.2) is 81.8 Å². The number of anilines is 1. The zero-order valence-electron chi connectivity index (χ0n) is 23.3. The van der Waals surface area contributed by atoms with Crippen molar-refractivity contribution < 1.29 is 9.84 Å². The maximum atomic E-state index is 9.24. The molecule has 1 atom stereocenters. The average Bonchev–Trinajstić information content (AvgIpc) is 2.94. The van der Waals surface area contributed by atoms with E-state index in [1.807, 2.05) is 18.2 Å². The van der Waals surface area contributed by atoms with Crippen LogP contribution < -0.4 is 9.64 Å². The van der Waals surface area contributed by atoms with E-state index in [0.717, 1.165) is 75.0 Å². The van der Waals surface area contributed by atoms with Gasteiger partial charge in [0.05, 0.1) is 18.1 Å². The highest BCUT2D eigenvalue weighted by Gasteiger charge is 2.22. The number of piperazine rings is 1. The Morgan fingerprint density at radius 2 is 1.62 bits per heavy atom. The van der Waals surface area contributed by atoms with Crippen LogP contribution in [-0.2, 0) is 6.54 Å². The normalized spacial score (nSPS) is 18.2. The van der Waals surface area contributed by atoms with Crippen molar-refractivity contribution >= 4 is 29.2 Å². The summed E-state index contributed by atoms with van der Waals surface area (Å²) in [5.74, 6) is 2.48. The fourth-order valence-electron chi connectivity index (χ4n) is 5.41. The first-order chi connectivity index (χ1) is 19.4. The van der Waals surface area contributed by atoms with Crippen molar-refractivity contribution in [2.75, 3.05) is 50.8 Å². The number of aliphatic hydroxyl groups is 1. The van der Waals surface area contributed by atoms with E-state index in [1.165, 1.54) is 12.8 Å². The molecule has 4 heterocycles. The topological polar surface area (TPSA) is 77.9 Å². The van der Waals surface area contributed by atoms with Crippen LogP contribution in [0.4, 0.5) is 5.95 Å². The molecule has 40 heavy (non-hydrogen) atoms. The summed E-state index contributed by atoms with van der Waals surface area (Å²) in [6.07, 6.45) is 6.64. The average molecular weight is 586 g/mol. The molecule has 1 N–H and O–H groups in total. The Hall–Kier alpha value is -2.49. The number of piperidine rings is 1. The Morgan fingerprint density at radius 1 is 0.950 bits per heavy atom. The second kappa shape index (κ2) is 13.4. The highest BCUT2D eigenvalue weighted by Crippen LogP contribution is 2.31. The smallest absolute Gasteiger partial charge is 0.225 e. The van der Waals surface area contributed by atoms with Gasteiger partial charge in [-0.25, -0.2) is 15.0 Å². The second-order valence-electron chi connectivity index (χ2n) is 11.0. The molecule has 8 nitrogen and oxygen atoms in total. The van der Waals surface area contributed by atoms with Crippen LogP contribution in [0.15, 0.2) is 42.7 Å². The summed E-state index contributed by atoms with van der Waals surface area (Å²) in [6, 6.07) is 9.92. The number of ether oxygens (including phenoxy) is 1. The van der Waals surface area contributed by atoms with Crippen molar-refractivity contribution in [1.82, 2.24) is 24.8 Å². The first-order valence-corrected chi connectivity index (χ1v) is 14.9. The Bertz CT molecular complexity index is 1240. The van der Waals surface area contributed by atoms with Gasteiger partial charge in [-0.2, -0.15) is 0 Å². The summed E-state index contributed by atoms with van der Waals surface area (Å²) < 4.78 is 6.19. The van der Waals surface area contributed by atoms with E-state index < -0.39 is 0 Å². The molecule has 0 amide bonds. The number of hydrogen-bond acceptors (Lipinski definition) is 8. The molecule has 2 fully saturated rings. The van der Waals surface area contributed by atoms with Crippen LogP contribution in [0.2, 0.25) is 10.0 Å². The Kier molecular flexibility index (Phi) is 9.76. The minimum absolute atomic E-state index is 0.218. The molecular weight excluding hydrogens is 547 g/mol. The van der Waals surface area contributed by atoms with E-state index in [2.05, 4.69) is 44.6 Å². The summed E-state index contributed by atoms with van der Waals surface area (Å²) in [5.41, 5.74) is 2.72. The van der Waals surface area contributed by atoms with Crippen LogP contribution in [0, 0.1) is 5.92 Å². The maximum absolute atomic E-state index is 9.24. The highest BCUT2D eigenvalue weighted by atomic mass is 35.5. The Labute approximate surface area is 246 Å². The third kappa shape index (κ3) is 7.62. The summed E-state index contributed by atoms with van der Waals surface area (Å²) in [6.45, 7) is 11.2. The summed E-state index contributed by atoms with van der Waals surface area (Å²) in [7, 11) is 0. The van der Waals surface area contributed by atoms with Crippen LogP contribution in [0.3, 0.4) is 0 Å². The molecule has 214 valence electrons. The molecule has 2 aliphatic heterocycles. The highest BCUT2D eigenvalue weighted by molar-refractivity contribution is 6.35. The lowest BCUT2D eigenvalue weighted by Gasteiger charge is -2.37. The molecule has 0 radical (unpaired) electrons. The summed E-state index contributed by atoms with van der Waals surface area (Å²) in [5, 5.41) is 10.4. The zero-order chi connectivity index (χ0) is 28.1. The number of rotatable bonds is 9. The molecule has 5 rings (SSSR count). The lowest BCUT2D eigenvalue weighted by molar-refractivity contribution is 0.159. The quantitative estimate of drug-likeness (QED) is 0.340. The van der Waals surface area contributed by atoms with Gasteiger partial charge in [0.25, 0.3) is 0 Å². The minimum atomic E-state index is 0.218. The monoisotopic (exact) mass is 584 g/mol. The van der Waals surface area contributed by atoms with Gasteiger partial charge in [-0.1, -0.05) is 30.1 Å². The molecule has 1 aromatic carbocycles. The lowest BCUT2D eigenvalue weighted by Crippen LogP contribution is -2.50. The van der Waals surface area contributed by atoms with Crippen LogP contribution in [0.5, 0.6) is 11.6 Å². The van der Waals surface area contributed by atoms with Gasteiger partial charge in [0.2, 0.25) is 11.8 Å². The van der Waals surface area contributed by atoms with Gasteiger partial charge < -0.3 is 14.7 Å². The van der Waals surface area contributed by atoms with Gasteiger partial charge in [0, 0.05) is 67.0 Å². The SMILES string of the molecule is CC1CCN(Cc2cc(Oc3cnc(N4CCN(C(C)CCO)CC4)nc3)nc(-c3cc(Cl)cc(Cl)c3)c2)CC1. The summed E-state index contributed by atoms with van der Waals surface area (Å²) >= 11 is 12.6. The molecule has 2 saturated heterocycles. The third-order valence-electron chi connectivity index (χ3n) is 7.91. The Morgan fingerprint density at radius 3 is 2.27 bits per heavy atom. The first kappa shape index (κ1) is 29.0. The van der Waals surface area contributed by atoms with Gasteiger partial charge in [0.15, 0.2) is 5.75 Å². The van der Waals surface area contributed by atoms with Crippen molar-refractivity contribution in [3.63, 3.8) is 0 Å². The molecule has 2 aromatic heterocycles. The number of halogens is 2. The van der Waals surface area contributed by atoms with E-state index in [1.54, 1.807) is 18.5 Å². The molecule has 0 spiro atoms. The molecule has 3 aromatic rings. The van der Waals surface area contributed by atoms with Gasteiger partial charge in [-0.15, -0.1) is 0 Å². The van der Waals surface area contributed by atoms with E-state index >= 15 is 0 Å². The number of aromatic nitrogens is 3. The molecular formula is C30H38Cl2N6O2. The van der Waals surface area contributed by atoms with Crippen molar-refractivity contribution in [3.05, 3.63) is 58.3 Å². The number of likely N-dealkylation sites (tertiary alicyclic amines) is 1. The van der Waals surface area contributed by atoms with Crippen molar-refractivity contribution in [2.24, 2.45) is 5.92 Å². The largest absolute Gasteiger partial charge is 0.436 e. The zero-order valence-corrected chi connectivity index (χ0v) is 24.8. The first-order valence-electron chi connectivity index (χ1n) is 14.2. The minimum Gasteiger partial charge on any atom is -0.436 e. The summed E-state index contributed by atoms with van der Waals surface area (Å²) in [4.78, 5) is 21.0. The van der Waals surface area contributed by atoms with Crippen molar-refractivity contribution in [2.45, 2.75) is 45.7 Å². The molecule has 0 aliphatic carbocycles. The van der Waals surface area contributed by atoms with E-state index in [0.29, 0.717) is 33.7 Å². The number of nitrogens with zero attached hydrogens (tertiary/aromatic N) is 6. The third-order valence-corrected chi connectivity index (χ3v) is 8.34. The number of aliphatic hydroxyl groups excluding tert-OH is 1. The molecule has 0 bridgehead atoms. The van der Waals surface area contributed by atoms with Crippen LogP contribution in [0.25, 0.3) is 11.3 Å². The van der Waals surface area contributed by atoms with Gasteiger partial charge in [0.1, 0.15) is 0 Å². The number of hydrogen-bond donors (Lipinski definition) is 1. The molecule has 1 unspecified atom stereocenters. The predicted molar refractivity (Wildman–Crippen MR) is 160 cm³/mol. The van der Waals surface area contributed by atoms with E-state index in [4.69, 9.17) is 32.9 Å². The molecule has 0 saturated carbocycles. The number of benzene rings is 1. The van der Waals surface area contributed by atoms with Crippen molar-refractivity contribution in [1.29, 1.82) is 0 Å². The standard InChI is InChI=1S/C30H38Cl2N6O2/c1-21-3-6-36(7-4-21)20-23-13-28(24-15-25(31)17-26(32)16-24)35-29(14-23)40-27-18-33-30(34-19-27)38-10-8-37(9-11-38)22(2)5-12-39/h13-19,21-22,39H,3-12,20H2,1-2H3. The molecule has 2 aliphatic rings. The number of pyridine rings is 1. The predicted octanol–water partition coefficient (Wildman–Crippen LogP) is 5.76. The Balaban J connectivity index is 1.31. The molecule has 10 heteroatoms. The second-order valence-corrected chi connectivity index (χ2v) is 11.9. The van der Waals surface area contributed by atoms with Crippen molar-refractivity contribution in [3.8, 4) is 22.9 Å². The van der Waals surface area contributed by atoms with Crippen LogP contribution in [0.1, 0.15) is 38.7 Å². The van der Waals surface area contributed by atoms with Gasteiger partial charge >= 0.3 is 0 Å². The van der Waals surface area contributed by atoms with Crippen LogP contribution >= 0.6 is 23.2 Å². The van der Waals surface area contributed by atoms with E-state index in [9.17, 15) is 5.11 Å². The maximum Gasteiger partial charge on any atom is 0.225 e. The lowest BCUT2D eigenvalue weighted by atomic mass is 9.99. The fraction of sp³-hybridized carbons (Fsp3) is 0.500. The fourth-order valence-corrected chi connectivity index (χ4v) is 5.93.